The molecule has 0 aromatic heterocycles. The molecule has 1 N–H and O–H groups in total. The maximum absolute atomic E-state index is 12.7. The number of hydrogen-bond acceptors (Lipinski definition) is 3. The molecular formula is C17H26Cl2N2O2. The van der Waals surface area contributed by atoms with Gasteiger partial charge in [0.15, 0.2) is 6.10 Å². The first-order chi connectivity index (χ1) is 10.7. The quantitative estimate of drug-likeness (QED) is 0.845. The molecule has 130 valence electrons. The van der Waals surface area contributed by atoms with Crippen molar-refractivity contribution < 1.29 is 9.53 Å². The Morgan fingerprint density at radius 3 is 2.61 bits per heavy atom. The van der Waals surface area contributed by atoms with Crippen molar-refractivity contribution in [2.45, 2.75) is 32.3 Å². The Labute approximate surface area is 149 Å². The number of para-hydroxylation sites is 1. The number of hydrogen-bond donors (Lipinski definition) is 1. The maximum Gasteiger partial charge on any atom is 0.263 e. The van der Waals surface area contributed by atoms with E-state index in [-0.39, 0.29) is 18.3 Å². The minimum absolute atomic E-state index is 0. The summed E-state index contributed by atoms with van der Waals surface area (Å²) in [7, 11) is 1.97. The molecule has 0 aliphatic carbocycles. The number of carbonyl (C=O) groups excluding carboxylic acids is 1. The number of likely N-dealkylation sites (tertiary alicyclic amines) is 1. The van der Waals surface area contributed by atoms with Crippen LogP contribution in [0.15, 0.2) is 24.3 Å². The van der Waals surface area contributed by atoms with Crippen molar-refractivity contribution in [2.24, 2.45) is 5.92 Å². The van der Waals surface area contributed by atoms with Crippen LogP contribution in [0, 0.1) is 5.92 Å². The van der Waals surface area contributed by atoms with Crippen molar-refractivity contribution in [1.82, 2.24) is 10.2 Å². The van der Waals surface area contributed by atoms with Crippen LogP contribution in [0.3, 0.4) is 0 Å². The molecule has 1 unspecified atom stereocenters. The first-order valence-electron chi connectivity index (χ1n) is 8.00. The first-order valence-corrected chi connectivity index (χ1v) is 8.38. The average Bonchev–Trinajstić information content (AvgIpc) is 2.54. The summed E-state index contributed by atoms with van der Waals surface area (Å²) in [5, 5.41) is 3.75. The molecule has 4 nitrogen and oxygen atoms in total. The largest absolute Gasteiger partial charge is 0.479 e. The van der Waals surface area contributed by atoms with Gasteiger partial charge in [-0.15, -0.1) is 12.4 Å². The van der Waals surface area contributed by atoms with Gasteiger partial charge in [0.1, 0.15) is 5.75 Å². The minimum atomic E-state index is -0.458. The molecule has 0 saturated carbocycles. The summed E-state index contributed by atoms with van der Waals surface area (Å²) in [6.45, 7) is 4.61. The predicted octanol–water partition coefficient (Wildman–Crippen LogP) is 3.38. The van der Waals surface area contributed by atoms with Crippen LogP contribution in [-0.4, -0.2) is 43.6 Å². The lowest BCUT2D eigenvalue weighted by Gasteiger charge is -2.34. The van der Waals surface area contributed by atoms with E-state index in [1.807, 2.05) is 31.0 Å². The fourth-order valence-corrected chi connectivity index (χ4v) is 3.03. The van der Waals surface area contributed by atoms with Gasteiger partial charge in [0.05, 0.1) is 5.02 Å². The lowest BCUT2D eigenvalue weighted by atomic mass is 9.96. The summed E-state index contributed by atoms with van der Waals surface area (Å²) in [5.74, 6) is 1.32. The van der Waals surface area contributed by atoms with E-state index in [9.17, 15) is 4.79 Å². The predicted molar refractivity (Wildman–Crippen MR) is 96.6 cm³/mol. The molecule has 0 radical (unpaired) electrons. The van der Waals surface area contributed by atoms with Gasteiger partial charge in [-0.25, -0.2) is 0 Å². The number of benzene rings is 1. The summed E-state index contributed by atoms with van der Waals surface area (Å²) in [6, 6.07) is 7.29. The second-order valence-corrected chi connectivity index (χ2v) is 6.18. The molecule has 1 atom stereocenters. The van der Waals surface area contributed by atoms with Crippen LogP contribution in [-0.2, 0) is 4.79 Å². The Hall–Kier alpha value is -0.970. The summed E-state index contributed by atoms with van der Waals surface area (Å²) in [5.41, 5.74) is 0. The Kier molecular flexibility index (Phi) is 8.74. The van der Waals surface area contributed by atoms with Gasteiger partial charge in [0.2, 0.25) is 0 Å². The van der Waals surface area contributed by atoms with Crippen molar-refractivity contribution in [3.8, 4) is 5.75 Å². The number of ether oxygens (including phenoxy) is 1. The standard InChI is InChI=1S/C17H25ClN2O2.ClH/c1-3-15(22-16-7-5-4-6-14(16)18)17(21)20-10-8-13(9-11-20)12-19-2;/h4-7,13,15,19H,3,8-12H2,1-2H3;1H. The molecule has 6 heteroatoms. The van der Waals surface area contributed by atoms with Crippen LogP contribution in [0.4, 0.5) is 0 Å². The molecule has 1 aromatic rings. The molecule has 0 bridgehead atoms. The van der Waals surface area contributed by atoms with Gasteiger partial charge in [-0.3, -0.25) is 4.79 Å². The molecule has 23 heavy (non-hydrogen) atoms. The molecule has 1 aromatic carbocycles. The second-order valence-electron chi connectivity index (χ2n) is 5.77. The summed E-state index contributed by atoms with van der Waals surface area (Å²) >= 11 is 6.11. The van der Waals surface area contributed by atoms with Crippen LogP contribution < -0.4 is 10.1 Å². The van der Waals surface area contributed by atoms with Gasteiger partial charge in [-0.05, 0) is 50.9 Å². The van der Waals surface area contributed by atoms with Crippen molar-refractivity contribution in [3.63, 3.8) is 0 Å². The lowest BCUT2D eigenvalue weighted by Crippen LogP contribution is -2.46. The molecule has 1 saturated heterocycles. The zero-order valence-corrected chi connectivity index (χ0v) is 15.3. The van der Waals surface area contributed by atoms with Gasteiger partial charge in [0, 0.05) is 13.1 Å². The highest BCUT2D eigenvalue weighted by Gasteiger charge is 2.28. The Morgan fingerprint density at radius 1 is 1.39 bits per heavy atom. The number of rotatable bonds is 6. The average molecular weight is 361 g/mol. The van der Waals surface area contributed by atoms with Gasteiger partial charge in [0.25, 0.3) is 5.91 Å². The van der Waals surface area contributed by atoms with Crippen LogP contribution in [0.5, 0.6) is 5.75 Å². The third-order valence-corrected chi connectivity index (χ3v) is 4.48. The van der Waals surface area contributed by atoms with Crippen LogP contribution in [0.25, 0.3) is 0 Å². The molecule has 0 spiro atoms. The topological polar surface area (TPSA) is 41.6 Å². The fraction of sp³-hybridized carbons (Fsp3) is 0.588. The summed E-state index contributed by atoms with van der Waals surface area (Å²) in [6.07, 6.45) is 2.28. The molecule has 2 rings (SSSR count). The summed E-state index contributed by atoms with van der Waals surface area (Å²) in [4.78, 5) is 14.6. The molecule has 1 fully saturated rings. The smallest absolute Gasteiger partial charge is 0.263 e. The van der Waals surface area contributed by atoms with Crippen molar-refractivity contribution >= 4 is 29.9 Å². The Bertz CT molecular complexity index is 491. The minimum Gasteiger partial charge on any atom is -0.479 e. The highest BCUT2D eigenvalue weighted by atomic mass is 35.5. The van der Waals surface area contributed by atoms with E-state index < -0.39 is 6.10 Å². The number of nitrogens with one attached hydrogen (secondary N) is 1. The van der Waals surface area contributed by atoms with E-state index in [1.165, 1.54) is 0 Å². The highest BCUT2D eigenvalue weighted by Crippen LogP contribution is 2.26. The van der Waals surface area contributed by atoms with Crippen molar-refractivity contribution in [1.29, 1.82) is 0 Å². The van der Waals surface area contributed by atoms with Gasteiger partial charge >= 0.3 is 0 Å². The summed E-state index contributed by atoms with van der Waals surface area (Å²) < 4.78 is 5.85. The number of amides is 1. The molecular weight excluding hydrogens is 335 g/mol. The lowest BCUT2D eigenvalue weighted by molar-refractivity contribution is -0.140. The van der Waals surface area contributed by atoms with E-state index in [2.05, 4.69) is 5.32 Å². The zero-order chi connectivity index (χ0) is 15.9. The molecule has 1 amide bonds. The second kappa shape index (κ2) is 10.0. The Morgan fingerprint density at radius 2 is 2.04 bits per heavy atom. The first kappa shape index (κ1) is 20.1. The highest BCUT2D eigenvalue weighted by molar-refractivity contribution is 6.32. The monoisotopic (exact) mass is 360 g/mol. The van der Waals surface area contributed by atoms with E-state index in [1.54, 1.807) is 12.1 Å². The van der Waals surface area contributed by atoms with Crippen LogP contribution in [0.2, 0.25) is 5.02 Å². The maximum atomic E-state index is 12.7. The molecule has 1 heterocycles. The fourth-order valence-electron chi connectivity index (χ4n) is 2.85. The van der Waals surface area contributed by atoms with E-state index >= 15 is 0 Å². The normalized spacial score (nSPS) is 16.6. The number of piperidine rings is 1. The van der Waals surface area contributed by atoms with Crippen molar-refractivity contribution in [3.05, 3.63) is 29.3 Å². The van der Waals surface area contributed by atoms with E-state index in [0.717, 1.165) is 32.5 Å². The molecule has 1 aliphatic heterocycles. The SMILES string of the molecule is CCC(Oc1ccccc1Cl)C(=O)N1CCC(CNC)CC1.Cl. The van der Waals surface area contributed by atoms with E-state index in [0.29, 0.717) is 23.1 Å². The Balaban J connectivity index is 0.00000264. The van der Waals surface area contributed by atoms with Crippen LogP contribution in [0.1, 0.15) is 26.2 Å². The number of carbonyl (C=O) groups is 1. The van der Waals surface area contributed by atoms with Gasteiger partial charge in [-0.1, -0.05) is 30.7 Å². The van der Waals surface area contributed by atoms with Crippen LogP contribution >= 0.6 is 24.0 Å². The number of halogens is 2. The third-order valence-electron chi connectivity index (χ3n) is 4.17. The molecule has 1 aliphatic rings. The zero-order valence-electron chi connectivity index (χ0n) is 13.8. The van der Waals surface area contributed by atoms with E-state index in [4.69, 9.17) is 16.3 Å². The van der Waals surface area contributed by atoms with Crippen molar-refractivity contribution in [2.75, 3.05) is 26.7 Å². The van der Waals surface area contributed by atoms with Gasteiger partial charge in [-0.2, -0.15) is 0 Å². The number of nitrogens with zero attached hydrogens (tertiary/aromatic N) is 1. The third kappa shape index (κ3) is 5.55. The van der Waals surface area contributed by atoms with Gasteiger partial charge < -0.3 is 15.0 Å².